The molecule has 3 rings (SSSR count). The molecule has 1 aliphatic carbocycles. The average molecular weight is 379 g/mol. The monoisotopic (exact) mass is 378 g/mol. The van der Waals surface area contributed by atoms with Crippen molar-refractivity contribution in [2.24, 2.45) is 11.8 Å². The number of aryl methyl sites for hydroxylation is 2. The Morgan fingerprint density at radius 3 is 2.14 bits per heavy atom. The van der Waals surface area contributed by atoms with Crippen molar-refractivity contribution in [3.8, 4) is 0 Å². The molecule has 0 spiro atoms. The lowest BCUT2D eigenvalue weighted by atomic mass is 10.0. The van der Waals surface area contributed by atoms with Gasteiger partial charge >= 0.3 is 0 Å². The van der Waals surface area contributed by atoms with Crippen molar-refractivity contribution in [3.63, 3.8) is 0 Å². The minimum absolute atomic E-state index is 0.0234. The highest BCUT2D eigenvalue weighted by Gasteiger charge is 2.49. The first-order valence-corrected chi connectivity index (χ1v) is 10.3. The fourth-order valence-corrected chi connectivity index (χ4v) is 3.76. The molecule has 4 heteroatoms. The molecule has 2 aromatic carbocycles. The Hall–Kier alpha value is -2.62. The van der Waals surface area contributed by atoms with E-state index in [1.54, 1.807) is 0 Å². The largest absolute Gasteiger partial charge is 0.338 e. The number of nitrogens with zero attached hydrogens (tertiary/aromatic N) is 1. The van der Waals surface area contributed by atoms with Gasteiger partial charge in [-0.05, 0) is 42.9 Å². The van der Waals surface area contributed by atoms with E-state index in [0.717, 1.165) is 35.2 Å². The van der Waals surface area contributed by atoms with E-state index in [1.807, 2.05) is 48.2 Å². The van der Waals surface area contributed by atoms with Crippen molar-refractivity contribution in [2.75, 3.05) is 11.9 Å². The van der Waals surface area contributed by atoms with E-state index < -0.39 is 0 Å². The van der Waals surface area contributed by atoms with Crippen LogP contribution in [0.5, 0.6) is 0 Å². The Morgan fingerprint density at radius 2 is 1.57 bits per heavy atom. The van der Waals surface area contributed by atoms with Crippen molar-refractivity contribution >= 4 is 17.5 Å². The highest BCUT2D eigenvalue weighted by atomic mass is 16.2. The van der Waals surface area contributed by atoms with Gasteiger partial charge in [-0.15, -0.1) is 0 Å². The molecule has 0 bridgehead atoms. The molecule has 4 nitrogen and oxygen atoms in total. The molecule has 2 amide bonds. The molecule has 148 valence electrons. The van der Waals surface area contributed by atoms with Crippen molar-refractivity contribution in [3.05, 3.63) is 65.2 Å². The van der Waals surface area contributed by atoms with Crippen LogP contribution >= 0.6 is 0 Å². The van der Waals surface area contributed by atoms with E-state index in [0.29, 0.717) is 19.5 Å². The Labute approximate surface area is 167 Å². The molecule has 1 N–H and O–H groups in total. The summed E-state index contributed by atoms with van der Waals surface area (Å²) in [6.45, 7) is 7.42. The summed E-state index contributed by atoms with van der Waals surface area (Å²) in [6, 6.07) is 16.2. The van der Waals surface area contributed by atoms with Crippen LogP contribution in [0, 0.1) is 11.8 Å². The summed E-state index contributed by atoms with van der Waals surface area (Å²) >= 11 is 0. The van der Waals surface area contributed by atoms with E-state index in [9.17, 15) is 9.59 Å². The number of nitrogens with one attached hydrogen (secondary N) is 1. The van der Waals surface area contributed by atoms with Crippen LogP contribution in [0.2, 0.25) is 0 Å². The second kappa shape index (κ2) is 9.05. The third-order valence-electron chi connectivity index (χ3n) is 5.60. The number of rotatable bonds is 8. The number of carbonyl (C=O) groups excluding carboxylic acids is 2. The second-order valence-corrected chi connectivity index (χ2v) is 7.43. The Balaban J connectivity index is 1.64. The molecule has 28 heavy (non-hydrogen) atoms. The zero-order chi connectivity index (χ0) is 20.1. The maximum Gasteiger partial charge on any atom is 0.228 e. The van der Waals surface area contributed by atoms with Gasteiger partial charge in [-0.1, -0.05) is 62.4 Å². The predicted octanol–water partition coefficient (Wildman–Crippen LogP) is 4.43. The van der Waals surface area contributed by atoms with Gasteiger partial charge in [-0.2, -0.15) is 0 Å². The number of amides is 2. The van der Waals surface area contributed by atoms with Crippen molar-refractivity contribution in [2.45, 2.75) is 46.6 Å². The SMILES string of the molecule is CCc1cccc(CC)c1NC(=O)C1CC1C(=O)N(CC)Cc1ccccc1. The van der Waals surface area contributed by atoms with Crippen molar-refractivity contribution in [1.82, 2.24) is 4.90 Å². The zero-order valence-corrected chi connectivity index (χ0v) is 17.1. The van der Waals surface area contributed by atoms with E-state index >= 15 is 0 Å². The molecule has 2 unspecified atom stereocenters. The van der Waals surface area contributed by atoms with E-state index in [4.69, 9.17) is 0 Å². The maximum absolute atomic E-state index is 12.9. The average Bonchev–Trinajstić information content (AvgIpc) is 3.53. The fourth-order valence-electron chi connectivity index (χ4n) is 3.76. The fraction of sp³-hybridized carbons (Fsp3) is 0.417. The molecule has 1 saturated carbocycles. The predicted molar refractivity (Wildman–Crippen MR) is 113 cm³/mol. The molecular weight excluding hydrogens is 348 g/mol. The van der Waals surface area contributed by atoms with E-state index in [-0.39, 0.29) is 23.7 Å². The van der Waals surface area contributed by atoms with Gasteiger partial charge in [0.05, 0.1) is 11.8 Å². The van der Waals surface area contributed by atoms with Crippen molar-refractivity contribution < 1.29 is 9.59 Å². The van der Waals surface area contributed by atoms with Gasteiger partial charge in [0, 0.05) is 18.8 Å². The lowest BCUT2D eigenvalue weighted by Gasteiger charge is -2.21. The van der Waals surface area contributed by atoms with Crippen LogP contribution in [0.25, 0.3) is 0 Å². The summed E-state index contributed by atoms with van der Waals surface area (Å²) in [7, 11) is 0. The molecule has 1 aliphatic rings. The standard InChI is InChI=1S/C24H30N2O2/c1-4-18-13-10-14-19(5-2)22(18)25-23(27)20-15-21(20)24(28)26(6-3)16-17-11-8-7-9-12-17/h7-14,20-21H,4-6,15-16H2,1-3H3,(H,25,27). The molecule has 0 aliphatic heterocycles. The van der Waals surface area contributed by atoms with Crippen LogP contribution in [0.4, 0.5) is 5.69 Å². The molecular formula is C24H30N2O2. The Morgan fingerprint density at radius 1 is 0.929 bits per heavy atom. The summed E-state index contributed by atoms with van der Waals surface area (Å²) in [4.78, 5) is 27.6. The summed E-state index contributed by atoms with van der Waals surface area (Å²) in [6.07, 6.45) is 2.39. The Bertz CT molecular complexity index is 810. The third kappa shape index (κ3) is 4.44. The van der Waals surface area contributed by atoms with Crippen molar-refractivity contribution in [1.29, 1.82) is 0 Å². The quantitative estimate of drug-likeness (QED) is 0.738. The van der Waals surface area contributed by atoms with Gasteiger partial charge in [-0.25, -0.2) is 0 Å². The highest BCUT2D eigenvalue weighted by molar-refractivity contribution is 6.00. The summed E-state index contributed by atoms with van der Waals surface area (Å²) in [5.41, 5.74) is 4.35. The molecule has 0 radical (unpaired) electrons. The summed E-state index contributed by atoms with van der Waals surface area (Å²) in [5.74, 6) is -0.342. The number of para-hydroxylation sites is 1. The zero-order valence-electron chi connectivity index (χ0n) is 17.1. The highest BCUT2D eigenvalue weighted by Crippen LogP contribution is 2.41. The summed E-state index contributed by atoms with van der Waals surface area (Å²) in [5, 5.41) is 3.12. The number of carbonyl (C=O) groups is 2. The number of benzene rings is 2. The Kier molecular flexibility index (Phi) is 6.50. The van der Waals surface area contributed by atoms with Gasteiger partial charge in [0.1, 0.15) is 0 Å². The van der Waals surface area contributed by atoms with Crippen LogP contribution in [-0.4, -0.2) is 23.3 Å². The number of hydrogen-bond acceptors (Lipinski definition) is 2. The molecule has 0 saturated heterocycles. The summed E-state index contributed by atoms with van der Waals surface area (Å²) < 4.78 is 0. The molecule has 2 aromatic rings. The van der Waals surface area contributed by atoms with Crippen LogP contribution in [0.15, 0.2) is 48.5 Å². The molecule has 0 heterocycles. The lowest BCUT2D eigenvalue weighted by molar-refractivity contribution is -0.134. The smallest absolute Gasteiger partial charge is 0.228 e. The van der Waals surface area contributed by atoms with E-state index in [2.05, 4.69) is 31.3 Å². The van der Waals surface area contributed by atoms with Crippen LogP contribution in [0.1, 0.15) is 43.9 Å². The van der Waals surface area contributed by atoms with Gasteiger partial charge in [0.15, 0.2) is 0 Å². The first kappa shape index (κ1) is 20.1. The first-order chi connectivity index (χ1) is 13.6. The third-order valence-corrected chi connectivity index (χ3v) is 5.60. The van der Waals surface area contributed by atoms with Crippen LogP contribution in [-0.2, 0) is 29.0 Å². The maximum atomic E-state index is 12.9. The normalized spacial score (nSPS) is 17.8. The minimum atomic E-state index is -0.216. The first-order valence-electron chi connectivity index (χ1n) is 10.3. The lowest BCUT2D eigenvalue weighted by Crippen LogP contribution is -2.33. The molecule has 1 fully saturated rings. The van der Waals surface area contributed by atoms with Gasteiger partial charge < -0.3 is 10.2 Å². The molecule has 2 atom stereocenters. The van der Waals surface area contributed by atoms with Gasteiger partial charge in [-0.3, -0.25) is 9.59 Å². The van der Waals surface area contributed by atoms with E-state index in [1.165, 1.54) is 0 Å². The number of hydrogen-bond donors (Lipinski definition) is 1. The number of anilines is 1. The van der Waals surface area contributed by atoms with Crippen LogP contribution in [0.3, 0.4) is 0 Å². The molecule has 0 aromatic heterocycles. The second-order valence-electron chi connectivity index (χ2n) is 7.43. The minimum Gasteiger partial charge on any atom is -0.338 e. The van der Waals surface area contributed by atoms with Crippen LogP contribution < -0.4 is 5.32 Å². The topological polar surface area (TPSA) is 49.4 Å². The van der Waals surface area contributed by atoms with Gasteiger partial charge in [0.25, 0.3) is 0 Å². The van der Waals surface area contributed by atoms with Gasteiger partial charge in [0.2, 0.25) is 11.8 Å².